The maximum absolute atomic E-state index is 14.2. The zero-order valence-electron chi connectivity index (χ0n) is 13.6. The number of hydrogen-bond acceptors (Lipinski definition) is 1. The van der Waals surface area contributed by atoms with Crippen LogP contribution in [0.25, 0.3) is 0 Å². The fourth-order valence-electron chi connectivity index (χ4n) is 3.75. The van der Waals surface area contributed by atoms with Gasteiger partial charge in [-0.15, -0.1) is 0 Å². The van der Waals surface area contributed by atoms with Crippen LogP contribution in [0.15, 0.2) is 18.2 Å². The lowest BCUT2D eigenvalue weighted by Gasteiger charge is -2.31. The predicted octanol–water partition coefficient (Wildman–Crippen LogP) is 4.90. The summed E-state index contributed by atoms with van der Waals surface area (Å²) in [5.74, 6) is -1.63. The largest absolute Gasteiger partial charge is 0.481 e. The number of benzene rings is 1. The first kappa shape index (κ1) is 17.0. The number of aryl methyl sites for hydroxylation is 1. The van der Waals surface area contributed by atoms with E-state index in [-0.39, 0.29) is 5.92 Å². The number of carboxylic acid groups (broad SMARTS) is 1. The molecule has 0 bridgehead atoms. The lowest BCUT2D eigenvalue weighted by molar-refractivity contribution is -0.145. The zero-order valence-corrected chi connectivity index (χ0v) is 13.6. The molecule has 1 aliphatic carbocycles. The second-order valence-corrected chi connectivity index (χ2v) is 6.41. The Balaban J connectivity index is 2.20. The predicted molar refractivity (Wildman–Crippen MR) is 87.0 cm³/mol. The molecule has 22 heavy (non-hydrogen) atoms. The Morgan fingerprint density at radius 1 is 1.32 bits per heavy atom. The number of alkyl halides is 1. The molecule has 3 unspecified atom stereocenters. The van der Waals surface area contributed by atoms with Crippen LogP contribution < -0.4 is 0 Å². The maximum atomic E-state index is 14.2. The van der Waals surface area contributed by atoms with Gasteiger partial charge in [-0.25, -0.2) is 4.39 Å². The molecule has 0 radical (unpaired) electrons. The van der Waals surface area contributed by atoms with Crippen molar-refractivity contribution in [1.82, 2.24) is 0 Å². The summed E-state index contributed by atoms with van der Waals surface area (Å²) in [6, 6.07) is 6.39. The number of aliphatic carboxylic acids is 1. The molecule has 2 nitrogen and oxygen atoms in total. The molecule has 1 N–H and O–H groups in total. The van der Waals surface area contributed by atoms with Crippen LogP contribution in [0.2, 0.25) is 0 Å². The van der Waals surface area contributed by atoms with Crippen LogP contribution >= 0.6 is 0 Å². The van der Waals surface area contributed by atoms with E-state index >= 15 is 0 Å². The Labute approximate surface area is 132 Å². The van der Waals surface area contributed by atoms with Crippen LogP contribution in [0.3, 0.4) is 0 Å². The fraction of sp³-hybridized carbons (Fsp3) is 0.632. The number of carbonyl (C=O) groups is 1. The van der Waals surface area contributed by atoms with Crippen LogP contribution in [0.1, 0.15) is 68.6 Å². The van der Waals surface area contributed by atoms with Crippen molar-refractivity contribution >= 4 is 5.97 Å². The lowest BCUT2D eigenvalue weighted by atomic mass is 9.75. The van der Waals surface area contributed by atoms with Crippen molar-refractivity contribution in [3.63, 3.8) is 0 Å². The van der Waals surface area contributed by atoms with E-state index in [2.05, 4.69) is 32.0 Å². The van der Waals surface area contributed by atoms with E-state index in [9.17, 15) is 9.18 Å². The van der Waals surface area contributed by atoms with Crippen molar-refractivity contribution in [1.29, 1.82) is 0 Å². The summed E-state index contributed by atoms with van der Waals surface area (Å²) >= 11 is 0. The van der Waals surface area contributed by atoms with Gasteiger partial charge in [0.2, 0.25) is 0 Å². The Kier molecular flexibility index (Phi) is 5.98. The summed E-state index contributed by atoms with van der Waals surface area (Å²) in [5, 5.41) is 9.07. The highest BCUT2D eigenvalue weighted by atomic mass is 19.1. The molecule has 3 atom stereocenters. The lowest BCUT2D eigenvalue weighted by Crippen LogP contribution is -2.31. The van der Waals surface area contributed by atoms with E-state index in [1.54, 1.807) is 0 Å². The standard InChI is InChI=1S/C19H27FO2/c1-3-5-7-13-8-6-9-16(15(13)4-2)14-10-11-17(19(21)22)18(20)12-14/h6,8-9,14,17-18H,3-5,7,10-12H2,1-2H3,(H,21,22). The third-order valence-corrected chi connectivity index (χ3v) is 4.99. The van der Waals surface area contributed by atoms with Crippen molar-refractivity contribution in [3.05, 3.63) is 34.9 Å². The molecular weight excluding hydrogens is 279 g/mol. The van der Waals surface area contributed by atoms with Gasteiger partial charge in [0, 0.05) is 0 Å². The molecule has 1 aromatic carbocycles. The molecule has 0 heterocycles. The Morgan fingerprint density at radius 2 is 2.09 bits per heavy atom. The van der Waals surface area contributed by atoms with Gasteiger partial charge < -0.3 is 5.11 Å². The number of hydrogen-bond donors (Lipinski definition) is 1. The highest BCUT2D eigenvalue weighted by molar-refractivity contribution is 5.71. The van der Waals surface area contributed by atoms with E-state index < -0.39 is 18.1 Å². The molecular formula is C19H27FO2. The molecule has 0 saturated heterocycles. The third kappa shape index (κ3) is 3.68. The average Bonchev–Trinajstić information content (AvgIpc) is 2.51. The van der Waals surface area contributed by atoms with Gasteiger partial charge >= 0.3 is 5.97 Å². The second kappa shape index (κ2) is 7.75. The number of halogens is 1. The van der Waals surface area contributed by atoms with E-state index in [4.69, 9.17) is 5.11 Å². The number of unbranched alkanes of at least 4 members (excludes halogenated alkanes) is 1. The number of carboxylic acids is 1. The van der Waals surface area contributed by atoms with Crippen molar-refractivity contribution in [2.45, 2.75) is 70.9 Å². The van der Waals surface area contributed by atoms with Crippen molar-refractivity contribution < 1.29 is 14.3 Å². The first-order valence-corrected chi connectivity index (χ1v) is 8.55. The minimum atomic E-state index is -1.22. The molecule has 122 valence electrons. The van der Waals surface area contributed by atoms with Crippen LogP contribution in [0, 0.1) is 5.92 Å². The first-order valence-electron chi connectivity index (χ1n) is 8.55. The Bertz CT molecular complexity index is 512. The molecule has 0 aromatic heterocycles. The van der Waals surface area contributed by atoms with E-state index in [0.29, 0.717) is 12.8 Å². The van der Waals surface area contributed by atoms with Gasteiger partial charge in [0.25, 0.3) is 0 Å². The Morgan fingerprint density at radius 3 is 2.68 bits per heavy atom. The van der Waals surface area contributed by atoms with Gasteiger partial charge in [0.05, 0.1) is 5.92 Å². The molecule has 0 spiro atoms. The summed E-state index contributed by atoms with van der Waals surface area (Å²) < 4.78 is 14.2. The monoisotopic (exact) mass is 306 g/mol. The van der Waals surface area contributed by atoms with E-state index in [0.717, 1.165) is 19.3 Å². The minimum Gasteiger partial charge on any atom is -0.481 e. The maximum Gasteiger partial charge on any atom is 0.309 e. The fourth-order valence-corrected chi connectivity index (χ4v) is 3.75. The smallest absolute Gasteiger partial charge is 0.309 e. The molecule has 2 rings (SSSR count). The molecule has 1 aromatic rings. The quantitative estimate of drug-likeness (QED) is 0.811. The van der Waals surface area contributed by atoms with Crippen molar-refractivity contribution in [2.75, 3.05) is 0 Å². The summed E-state index contributed by atoms with van der Waals surface area (Å²) in [4.78, 5) is 11.1. The van der Waals surface area contributed by atoms with Gasteiger partial charge in [0.1, 0.15) is 6.17 Å². The first-order chi connectivity index (χ1) is 10.6. The van der Waals surface area contributed by atoms with Gasteiger partial charge in [-0.3, -0.25) is 4.79 Å². The molecule has 1 aliphatic rings. The summed E-state index contributed by atoms with van der Waals surface area (Å²) in [7, 11) is 0. The molecule has 1 fully saturated rings. The van der Waals surface area contributed by atoms with Crippen LogP contribution in [-0.2, 0) is 17.6 Å². The summed E-state index contributed by atoms with van der Waals surface area (Å²) in [6.07, 6.45) is 4.74. The highest BCUT2D eigenvalue weighted by Crippen LogP contribution is 2.39. The summed E-state index contributed by atoms with van der Waals surface area (Å²) in [5.41, 5.74) is 4.00. The SMILES string of the molecule is CCCCc1cccc(C2CCC(C(=O)O)C(F)C2)c1CC. The van der Waals surface area contributed by atoms with Crippen LogP contribution in [0.4, 0.5) is 4.39 Å². The van der Waals surface area contributed by atoms with Gasteiger partial charge in [0.15, 0.2) is 0 Å². The molecule has 3 heteroatoms. The van der Waals surface area contributed by atoms with Crippen LogP contribution in [0.5, 0.6) is 0 Å². The van der Waals surface area contributed by atoms with Crippen molar-refractivity contribution in [3.8, 4) is 0 Å². The normalized spacial score (nSPS) is 25.1. The van der Waals surface area contributed by atoms with E-state index in [1.165, 1.54) is 29.5 Å². The molecule has 1 saturated carbocycles. The second-order valence-electron chi connectivity index (χ2n) is 6.41. The molecule has 0 aliphatic heterocycles. The highest BCUT2D eigenvalue weighted by Gasteiger charge is 2.36. The summed E-state index contributed by atoms with van der Waals surface area (Å²) in [6.45, 7) is 4.35. The van der Waals surface area contributed by atoms with Crippen molar-refractivity contribution in [2.24, 2.45) is 5.92 Å². The van der Waals surface area contributed by atoms with Gasteiger partial charge in [-0.05, 0) is 61.1 Å². The number of rotatable bonds is 6. The van der Waals surface area contributed by atoms with Crippen LogP contribution in [-0.4, -0.2) is 17.2 Å². The average molecular weight is 306 g/mol. The van der Waals surface area contributed by atoms with E-state index in [1.807, 2.05) is 0 Å². The molecule has 0 amide bonds. The van der Waals surface area contributed by atoms with Gasteiger partial charge in [-0.2, -0.15) is 0 Å². The zero-order chi connectivity index (χ0) is 16.1. The third-order valence-electron chi connectivity index (χ3n) is 4.99. The topological polar surface area (TPSA) is 37.3 Å². The Hall–Kier alpha value is -1.38. The minimum absolute atomic E-state index is 0.169. The van der Waals surface area contributed by atoms with Gasteiger partial charge in [-0.1, -0.05) is 38.5 Å².